The molecule has 0 saturated heterocycles. The maximum Gasteiger partial charge on any atom is 0.207 e. The van der Waals surface area contributed by atoms with E-state index in [9.17, 15) is 4.39 Å². The average molecular weight is 544 g/mol. The molecule has 7 heteroatoms. The molecule has 0 fully saturated rings. The van der Waals surface area contributed by atoms with Gasteiger partial charge in [0.2, 0.25) is 5.13 Å². The molecule has 0 saturated carbocycles. The molecule has 1 N–H and O–H groups in total. The highest BCUT2D eigenvalue weighted by Gasteiger charge is 2.38. The number of nitrogens with zero attached hydrogens (tertiary/aromatic N) is 4. The average Bonchev–Trinajstić information content (AvgIpc) is 3.55. The number of halogens is 1. The second-order valence-electron chi connectivity index (χ2n) is 9.90. The minimum Gasteiger partial charge on any atom is -0.295 e. The minimum atomic E-state index is -0.245. The van der Waals surface area contributed by atoms with E-state index < -0.39 is 0 Å². The molecule has 40 heavy (non-hydrogen) atoms. The van der Waals surface area contributed by atoms with Crippen LogP contribution in [0.3, 0.4) is 0 Å². The Morgan fingerprint density at radius 2 is 1.52 bits per heavy atom. The Bertz CT molecular complexity index is 1710. The number of anilines is 1. The fourth-order valence-corrected chi connectivity index (χ4v) is 6.40. The highest BCUT2D eigenvalue weighted by Crippen LogP contribution is 2.48. The van der Waals surface area contributed by atoms with Gasteiger partial charge < -0.3 is 0 Å². The van der Waals surface area contributed by atoms with Crippen LogP contribution in [0.15, 0.2) is 125 Å². The second-order valence-corrected chi connectivity index (χ2v) is 10.9. The Morgan fingerprint density at radius 1 is 0.800 bits per heavy atom. The van der Waals surface area contributed by atoms with Crippen molar-refractivity contribution < 1.29 is 4.39 Å². The van der Waals surface area contributed by atoms with Crippen molar-refractivity contribution in [2.24, 2.45) is 10.2 Å². The molecule has 0 unspecified atom stereocenters. The number of hydrazine groups is 1. The van der Waals surface area contributed by atoms with E-state index in [1.165, 1.54) is 40.2 Å². The maximum atomic E-state index is 14.0. The molecule has 7 rings (SSSR count). The van der Waals surface area contributed by atoms with Gasteiger partial charge >= 0.3 is 0 Å². The third-order valence-electron chi connectivity index (χ3n) is 7.37. The fourth-order valence-electron chi connectivity index (χ4n) is 5.50. The van der Waals surface area contributed by atoms with Crippen LogP contribution in [0.2, 0.25) is 0 Å². The summed E-state index contributed by atoms with van der Waals surface area (Å²) in [5, 5.41) is 12.8. The molecular weight excluding hydrogens is 517 g/mol. The van der Waals surface area contributed by atoms with Gasteiger partial charge in [-0.15, -0.1) is 10.2 Å². The maximum absolute atomic E-state index is 14.0. The van der Waals surface area contributed by atoms with Crippen molar-refractivity contribution in [1.82, 2.24) is 10.4 Å². The topological polar surface area (TPSA) is 52.9 Å². The van der Waals surface area contributed by atoms with Gasteiger partial charge in [-0.1, -0.05) is 96.3 Å². The highest BCUT2D eigenvalue weighted by atomic mass is 32.1. The molecule has 2 heterocycles. The molecule has 1 aliphatic heterocycles. The predicted octanol–water partition coefficient (Wildman–Crippen LogP) is 9.18. The summed E-state index contributed by atoms with van der Waals surface area (Å²) >= 11 is 1.50. The molecule has 0 amide bonds. The molecule has 1 aromatic heterocycles. The van der Waals surface area contributed by atoms with Crippen LogP contribution in [-0.4, -0.2) is 4.98 Å². The third kappa shape index (κ3) is 4.58. The quantitative estimate of drug-likeness (QED) is 0.225. The van der Waals surface area contributed by atoms with Crippen molar-refractivity contribution >= 4 is 32.9 Å². The highest BCUT2D eigenvalue weighted by molar-refractivity contribution is 7.19. The number of thiazole rings is 1. The lowest BCUT2D eigenvalue weighted by Crippen LogP contribution is -2.34. The molecule has 0 spiro atoms. The summed E-state index contributed by atoms with van der Waals surface area (Å²) in [5.41, 5.74) is 12.2. The molecule has 2 aliphatic rings. The number of fused-ring (bicyclic) bond motifs is 2. The van der Waals surface area contributed by atoms with Crippen molar-refractivity contribution in [2.75, 3.05) is 5.01 Å². The Hall–Kier alpha value is -4.62. The molecule has 0 radical (unpaired) electrons. The lowest BCUT2D eigenvalue weighted by atomic mass is 9.94. The van der Waals surface area contributed by atoms with Gasteiger partial charge in [0.1, 0.15) is 17.6 Å². The predicted molar refractivity (Wildman–Crippen MR) is 159 cm³/mol. The van der Waals surface area contributed by atoms with E-state index in [4.69, 9.17) is 4.98 Å². The monoisotopic (exact) mass is 543 g/mol. The van der Waals surface area contributed by atoms with Gasteiger partial charge in [-0.05, 0) is 60.2 Å². The summed E-state index contributed by atoms with van der Waals surface area (Å²) in [6, 6.07) is 35.1. The van der Waals surface area contributed by atoms with E-state index in [0.717, 1.165) is 57.6 Å². The number of hydrogen-bond acceptors (Lipinski definition) is 6. The van der Waals surface area contributed by atoms with Gasteiger partial charge in [0.25, 0.3) is 0 Å². The number of azo groups is 1. The third-order valence-corrected chi connectivity index (χ3v) is 8.31. The van der Waals surface area contributed by atoms with Gasteiger partial charge in [-0.3, -0.25) is 5.43 Å². The molecule has 1 atom stereocenters. The van der Waals surface area contributed by atoms with Crippen LogP contribution < -0.4 is 10.4 Å². The van der Waals surface area contributed by atoms with E-state index >= 15 is 0 Å². The van der Waals surface area contributed by atoms with Gasteiger partial charge in [-0.25, -0.2) is 14.4 Å². The van der Waals surface area contributed by atoms with E-state index in [-0.39, 0.29) is 11.9 Å². The Kier molecular flexibility index (Phi) is 6.42. The summed E-state index contributed by atoms with van der Waals surface area (Å²) in [4.78, 5) is 5.13. The normalized spacial score (nSPS) is 16.5. The molecule has 1 aliphatic carbocycles. The molecular formula is C33H26FN5S. The molecule has 5 aromatic rings. The first-order valence-corrected chi connectivity index (χ1v) is 14.2. The molecule has 196 valence electrons. The molecule has 5 nitrogen and oxygen atoms in total. The number of nitrogens with one attached hydrogen (secondary N) is 1. The summed E-state index contributed by atoms with van der Waals surface area (Å²) in [6.07, 6.45) is 3.01. The largest absolute Gasteiger partial charge is 0.295 e. The van der Waals surface area contributed by atoms with Crippen molar-refractivity contribution in [2.45, 2.75) is 25.3 Å². The second kappa shape index (κ2) is 10.5. The lowest BCUT2D eigenvalue weighted by molar-refractivity contribution is 0.623. The van der Waals surface area contributed by atoms with E-state index in [0.29, 0.717) is 0 Å². The number of aromatic nitrogens is 1. The first-order valence-electron chi connectivity index (χ1n) is 13.4. The summed E-state index contributed by atoms with van der Waals surface area (Å²) in [6.45, 7) is 0. The van der Waals surface area contributed by atoms with Crippen LogP contribution in [0, 0.1) is 5.82 Å². The number of aryl methyl sites for hydroxylation is 1. The van der Waals surface area contributed by atoms with E-state index in [1.54, 1.807) is 0 Å². The standard InChI is InChI=1S/C33H26FN5S/c34-25-20-18-24(19-21-25)31-28-17-9-13-22-10-7-8-16-27(22)30(28)38-39(31)33-35-29(23-11-3-1-4-12-23)32(40-33)37-36-26-14-5-2-6-15-26/h1-8,10-12,14-16,18-21,31,38H,9,13,17H2/t31-/m0/s1. The van der Waals surface area contributed by atoms with Crippen molar-refractivity contribution in [1.29, 1.82) is 0 Å². The molecule has 0 bridgehead atoms. The first-order chi connectivity index (χ1) is 19.7. The molecule has 4 aromatic carbocycles. The van der Waals surface area contributed by atoms with Gasteiger partial charge in [0, 0.05) is 11.1 Å². The lowest BCUT2D eigenvalue weighted by Gasteiger charge is -2.27. The van der Waals surface area contributed by atoms with Crippen LogP contribution in [0.5, 0.6) is 0 Å². The fraction of sp³-hybridized carbons (Fsp3) is 0.121. The van der Waals surface area contributed by atoms with Crippen LogP contribution in [0.4, 0.5) is 20.2 Å². The van der Waals surface area contributed by atoms with E-state index in [1.807, 2.05) is 72.8 Å². The zero-order valence-corrected chi connectivity index (χ0v) is 22.5. The van der Waals surface area contributed by atoms with Crippen molar-refractivity contribution in [3.8, 4) is 11.3 Å². The summed E-state index contributed by atoms with van der Waals surface area (Å²) in [5.74, 6) is -0.245. The zero-order valence-electron chi connectivity index (χ0n) is 21.7. The first kappa shape index (κ1) is 24.4. The van der Waals surface area contributed by atoms with Crippen molar-refractivity contribution in [3.05, 3.63) is 137 Å². The smallest absolute Gasteiger partial charge is 0.207 e. The van der Waals surface area contributed by atoms with Crippen LogP contribution in [0.1, 0.15) is 35.6 Å². The van der Waals surface area contributed by atoms with Crippen LogP contribution in [-0.2, 0) is 6.42 Å². The van der Waals surface area contributed by atoms with Gasteiger partial charge in [0.05, 0.1) is 11.4 Å². The summed E-state index contributed by atoms with van der Waals surface area (Å²) in [7, 11) is 0. The zero-order chi connectivity index (χ0) is 26.9. The number of hydrogen-bond donors (Lipinski definition) is 1. The van der Waals surface area contributed by atoms with Gasteiger partial charge in [0.15, 0.2) is 5.00 Å². The Balaban J connectivity index is 1.36. The Labute approximate surface area is 236 Å². The number of benzene rings is 4. The van der Waals surface area contributed by atoms with Crippen LogP contribution in [0.25, 0.3) is 17.0 Å². The minimum absolute atomic E-state index is 0.129. The van der Waals surface area contributed by atoms with Crippen LogP contribution >= 0.6 is 11.3 Å². The summed E-state index contributed by atoms with van der Waals surface area (Å²) < 4.78 is 14.0. The number of rotatable bonds is 5. The Morgan fingerprint density at radius 3 is 2.33 bits per heavy atom. The SMILES string of the molecule is Fc1ccc([C@H]2C3=C(NN2c2nc(-c4ccccc4)c(N=Nc4ccccc4)s2)c2ccccc2CCC3)cc1. The van der Waals surface area contributed by atoms with E-state index in [2.05, 4.69) is 44.9 Å². The van der Waals surface area contributed by atoms with Crippen molar-refractivity contribution in [3.63, 3.8) is 0 Å². The van der Waals surface area contributed by atoms with Gasteiger partial charge in [-0.2, -0.15) is 0 Å².